The van der Waals surface area contributed by atoms with E-state index >= 15 is 0 Å². The normalized spacial score (nSPS) is 27.7. The van der Waals surface area contributed by atoms with Gasteiger partial charge in [0.05, 0.1) is 5.97 Å². The summed E-state index contributed by atoms with van der Waals surface area (Å²) in [4.78, 5) is 10.6. The molecule has 0 bridgehead atoms. The van der Waals surface area contributed by atoms with E-state index in [9.17, 15) is 25.2 Å². The number of rotatable bonds is 12. The Morgan fingerprint density at radius 2 is 1.62 bits per heavy atom. The summed E-state index contributed by atoms with van der Waals surface area (Å²) in [5.41, 5.74) is 0. The molecule has 0 aromatic rings. The summed E-state index contributed by atoms with van der Waals surface area (Å²) in [5.74, 6) is -1.76. The topological polar surface area (TPSA) is 119 Å². The van der Waals surface area contributed by atoms with Gasteiger partial charge in [-0.05, 0) is 6.42 Å². The van der Waals surface area contributed by atoms with E-state index in [-0.39, 0.29) is 29.6 Å². The van der Waals surface area contributed by atoms with Crippen LogP contribution >= 0.6 is 0 Å². The molecule has 0 amide bonds. The van der Waals surface area contributed by atoms with Crippen LogP contribution in [-0.2, 0) is 14.3 Å². The van der Waals surface area contributed by atoms with Crippen LogP contribution in [0.25, 0.3) is 0 Å². The van der Waals surface area contributed by atoms with Crippen LogP contribution in [0.5, 0.6) is 0 Å². The molecule has 7 nitrogen and oxygen atoms in total. The van der Waals surface area contributed by atoms with Crippen molar-refractivity contribution in [2.45, 2.75) is 89.0 Å². The number of ether oxygens (including phenoxy) is 2. The summed E-state index contributed by atoms with van der Waals surface area (Å²) in [6.07, 6.45) is 1.66. The smallest absolute Gasteiger partial charge is 0.547 e. The molecule has 0 saturated carbocycles. The quantitative estimate of drug-likeness (QED) is 0.248. The molecule has 0 radical (unpaired) electrons. The molecule has 0 spiro atoms. The Morgan fingerprint density at radius 1 is 1.08 bits per heavy atom. The second kappa shape index (κ2) is 13.5. The van der Waals surface area contributed by atoms with E-state index in [4.69, 9.17) is 9.47 Å². The number of carboxylic acid groups (broad SMARTS) is 1. The molecule has 0 aliphatic carbocycles. The molecule has 1 rings (SSSR count). The molecule has 0 aromatic heterocycles. The fourth-order valence-corrected chi connectivity index (χ4v) is 2.64. The molecule has 136 valence electrons. The van der Waals surface area contributed by atoms with Crippen molar-refractivity contribution in [3.05, 3.63) is 0 Å². The number of aliphatic carboxylic acids is 1. The van der Waals surface area contributed by atoms with E-state index in [1.165, 1.54) is 32.1 Å². The Morgan fingerprint density at radius 3 is 2.17 bits per heavy atom. The van der Waals surface area contributed by atoms with Crippen molar-refractivity contribution >= 4 is 5.97 Å². The largest absolute Gasteiger partial charge is 1.00 e. The second-order valence-corrected chi connectivity index (χ2v) is 6.06. The van der Waals surface area contributed by atoms with E-state index in [1.807, 2.05) is 0 Å². The molecule has 8 heteroatoms. The van der Waals surface area contributed by atoms with E-state index in [2.05, 4.69) is 6.92 Å². The van der Waals surface area contributed by atoms with Gasteiger partial charge in [-0.25, -0.2) is 0 Å². The predicted octanol–water partition coefficient (Wildman–Crippen LogP) is -3.29. The maximum Gasteiger partial charge on any atom is 1.00 e. The van der Waals surface area contributed by atoms with Gasteiger partial charge >= 0.3 is 29.6 Å². The average molecular weight is 356 g/mol. The van der Waals surface area contributed by atoms with Crippen LogP contribution in [0.1, 0.15) is 58.3 Å². The number of unbranched alkanes of at least 4 members (excludes halogenated alkanes) is 7. The van der Waals surface area contributed by atoms with Gasteiger partial charge in [0.2, 0.25) is 0 Å². The number of aliphatic hydroxyl groups is 3. The van der Waals surface area contributed by atoms with E-state index in [1.54, 1.807) is 0 Å². The molecule has 1 fully saturated rings. The summed E-state index contributed by atoms with van der Waals surface area (Å²) in [5, 5.41) is 39.4. The predicted molar refractivity (Wildman–Crippen MR) is 80.3 cm³/mol. The fourth-order valence-electron chi connectivity index (χ4n) is 2.64. The average Bonchev–Trinajstić information content (AvgIpc) is 2.80. The van der Waals surface area contributed by atoms with E-state index in [0.717, 1.165) is 19.3 Å². The van der Waals surface area contributed by atoms with Gasteiger partial charge in [0.25, 0.3) is 0 Å². The molecule has 5 atom stereocenters. The van der Waals surface area contributed by atoms with Crippen molar-refractivity contribution in [3.8, 4) is 0 Å². The minimum absolute atomic E-state index is 0. The Hall–Kier alpha value is 0.270. The fraction of sp³-hybridized carbons (Fsp3) is 0.938. The number of hydrogen-bond acceptors (Lipinski definition) is 7. The zero-order valence-corrected chi connectivity index (χ0v) is 16.7. The SMILES string of the molecule is CCCCCCCCCCO[C@H]1O[C@@H](C(O)C(=O)[O-])C(O)C1O.[Na+]. The number of aliphatic hydroxyl groups excluding tert-OH is 3. The summed E-state index contributed by atoms with van der Waals surface area (Å²) in [7, 11) is 0. The first-order valence-corrected chi connectivity index (χ1v) is 8.51. The van der Waals surface area contributed by atoms with Gasteiger partial charge in [0, 0.05) is 6.61 Å². The van der Waals surface area contributed by atoms with Gasteiger partial charge in [0.1, 0.15) is 24.4 Å². The summed E-state index contributed by atoms with van der Waals surface area (Å²) in [6.45, 7) is 2.53. The first-order valence-electron chi connectivity index (χ1n) is 8.51. The Balaban J connectivity index is 0.00000529. The maximum absolute atomic E-state index is 10.6. The van der Waals surface area contributed by atoms with Gasteiger partial charge in [-0.1, -0.05) is 51.9 Å². The standard InChI is InChI=1S/C16H30O7.Na/c1-2-3-4-5-6-7-8-9-10-22-16-12(18)11(17)14(23-16)13(19)15(20)21;/h11-14,16-19H,2-10H2,1H3,(H,20,21);/q;+1/p-1/t11?,12?,13?,14-,16+;/m1./s1. The summed E-state index contributed by atoms with van der Waals surface area (Å²) >= 11 is 0. The third-order valence-corrected chi connectivity index (χ3v) is 4.09. The van der Waals surface area contributed by atoms with Crippen molar-refractivity contribution in [2.24, 2.45) is 0 Å². The summed E-state index contributed by atoms with van der Waals surface area (Å²) < 4.78 is 10.4. The zero-order chi connectivity index (χ0) is 17.2. The zero-order valence-electron chi connectivity index (χ0n) is 14.7. The van der Waals surface area contributed by atoms with Crippen molar-refractivity contribution in [1.29, 1.82) is 0 Å². The van der Waals surface area contributed by atoms with Gasteiger partial charge in [-0.15, -0.1) is 0 Å². The number of hydrogen-bond donors (Lipinski definition) is 3. The molecule has 24 heavy (non-hydrogen) atoms. The first-order chi connectivity index (χ1) is 11.0. The van der Waals surface area contributed by atoms with Gasteiger partial charge in [-0.3, -0.25) is 0 Å². The molecule has 1 aliphatic rings. The Labute approximate surface area is 165 Å². The second-order valence-electron chi connectivity index (χ2n) is 6.06. The number of carbonyl (C=O) groups excluding carboxylic acids is 1. The van der Waals surface area contributed by atoms with Gasteiger partial charge in [-0.2, -0.15) is 0 Å². The van der Waals surface area contributed by atoms with Crippen molar-refractivity contribution in [2.75, 3.05) is 6.61 Å². The van der Waals surface area contributed by atoms with Crippen molar-refractivity contribution in [1.82, 2.24) is 0 Å². The van der Waals surface area contributed by atoms with E-state index < -0.39 is 36.7 Å². The third kappa shape index (κ3) is 8.10. The van der Waals surface area contributed by atoms with Crippen LogP contribution in [0.2, 0.25) is 0 Å². The number of carbonyl (C=O) groups is 1. The molecule has 3 unspecified atom stereocenters. The monoisotopic (exact) mass is 356 g/mol. The summed E-state index contributed by atoms with van der Waals surface area (Å²) in [6, 6.07) is 0. The minimum Gasteiger partial charge on any atom is -0.547 e. The Bertz CT molecular complexity index is 342. The minimum atomic E-state index is -2.00. The van der Waals surface area contributed by atoms with Crippen LogP contribution in [-0.4, -0.2) is 58.6 Å². The number of carboxylic acids is 1. The van der Waals surface area contributed by atoms with Crippen LogP contribution in [0.4, 0.5) is 0 Å². The molecule has 1 heterocycles. The molecular weight excluding hydrogens is 327 g/mol. The van der Waals surface area contributed by atoms with E-state index in [0.29, 0.717) is 6.61 Å². The molecule has 1 saturated heterocycles. The molecule has 0 aromatic carbocycles. The van der Waals surface area contributed by atoms with Gasteiger partial charge < -0.3 is 34.7 Å². The van der Waals surface area contributed by atoms with Crippen LogP contribution in [0, 0.1) is 0 Å². The molecule has 1 aliphatic heterocycles. The van der Waals surface area contributed by atoms with Crippen LogP contribution in [0.15, 0.2) is 0 Å². The molecular formula is C16H29NaO7. The third-order valence-electron chi connectivity index (χ3n) is 4.09. The maximum atomic E-state index is 10.6. The van der Waals surface area contributed by atoms with Crippen molar-refractivity contribution < 1.29 is 64.3 Å². The molecule has 3 N–H and O–H groups in total. The first kappa shape index (κ1) is 24.3. The Kier molecular flexibility index (Phi) is 13.6. The van der Waals surface area contributed by atoms with Crippen molar-refractivity contribution in [3.63, 3.8) is 0 Å². The van der Waals surface area contributed by atoms with Gasteiger partial charge in [0.15, 0.2) is 6.29 Å². The van der Waals surface area contributed by atoms with Crippen LogP contribution < -0.4 is 34.7 Å². The van der Waals surface area contributed by atoms with Crippen LogP contribution in [0.3, 0.4) is 0 Å².